The fraction of sp³-hybridized carbons (Fsp3) is 0.455. The first-order valence-electron chi connectivity index (χ1n) is 5.52. The number of nitrogens with zero attached hydrogens (tertiary/aromatic N) is 5. The van der Waals surface area contributed by atoms with Crippen LogP contribution < -0.4 is 4.85 Å². The van der Waals surface area contributed by atoms with Crippen molar-refractivity contribution < 1.29 is 4.85 Å². The van der Waals surface area contributed by atoms with Crippen LogP contribution >= 0.6 is 11.6 Å². The standard InChI is InChI=1S/C11H16ClN5O/c1-14(2)11(15(3)4)16-9-6-5-8(12)7-10(9)17(18)13-16/h5-7,11H,1-4H3. The molecule has 1 aromatic carbocycles. The lowest BCUT2D eigenvalue weighted by Gasteiger charge is -2.25. The number of halogens is 1. The van der Waals surface area contributed by atoms with Crippen LogP contribution in [0.2, 0.25) is 5.02 Å². The fourth-order valence-corrected chi connectivity index (χ4v) is 2.26. The number of fused-ring (bicyclic) bond motifs is 1. The van der Waals surface area contributed by atoms with Gasteiger partial charge in [-0.15, -0.1) is 4.85 Å². The molecule has 0 spiro atoms. The quantitative estimate of drug-likeness (QED) is 0.472. The molecule has 0 aliphatic rings. The lowest BCUT2D eigenvalue weighted by atomic mass is 10.3. The van der Waals surface area contributed by atoms with Gasteiger partial charge in [-0.2, -0.15) is 0 Å². The van der Waals surface area contributed by atoms with E-state index in [9.17, 15) is 5.21 Å². The van der Waals surface area contributed by atoms with Gasteiger partial charge in [-0.3, -0.25) is 9.80 Å². The molecule has 18 heavy (non-hydrogen) atoms. The van der Waals surface area contributed by atoms with Crippen LogP contribution in [0, 0.1) is 5.21 Å². The van der Waals surface area contributed by atoms with Crippen LogP contribution in [0.5, 0.6) is 0 Å². The summed E-state index contributed by atoms with van der Waals surface area (Å²) in [5, 5.41) is 16.3. The van der Waals surface area contributed by atoms with Gasteiger partial charge in [0.2, 0.25) is 17.3 Å². The molecule has 2 aromatic rings. The van der Waals surface area contributed by atoms with Crippen molar-refractivity contribution in [3.8, 4) is 0 Å². The van der Waals surface area contributed by atoms with Crippen molar-refractivity contribution in [1.29, 1.82) is 0 Å². The SMILES string of the molecule is CN(C)C(N(C)C)n1n[n+]([O-])c2cc(Cl)ccc21. The highest BCUT2D eigenvalue weighted by Gasteiger charge is 2.27. The zero-order valence-electron chi connectivity index (χ0n) is 10.8. The van der Waals surface area contributed by atoms with Crippen molar-refractivity contribution in [3.05, 3.63) is 28.4 Å². The molecule has 0 atom stereocenters. The van der Waals surface area contributed by atoms with E-state index in [4.69, 9.17) is 11.6 Å². The predicted molar refractivity (Wildman–Crippen MR) is 70.1 cm³/mol. The Balaban J connectivity index is 2.64. The van der Waals surface area contributed by atoms with E-state index in [0.717, 1.165) is 5.52 Å². The molecular formula is C11H16ClN5O. The first-order valence-corrected chi connectivity index (χ1v) is 5.90. The van der Waals surface area contributed by atoms with E-state index in [0.29, 0.717) is 15.4 Å². The Kier molecular flexibility index (Phi) is 3.43. The van der Waals surface area contributed by atoms with Gasteiger partial charge in [0.1, 0.15) is 0 Å². The van der Waals surface area contributed by atoms with Crippen molar-refractivity contribution in [2.24, 2.45) is 0 Å². The predicted octanol–water partition coefficient (Wildman–Crippen LogP) is 0.902. The van der Waals surface area contributed by atoms with E-state index in [2.05, 4.69) is 5.21 Å². The Morgan fingerprint density at radius 1 is 1.28 bits per heavy atom. The molecule has 0 aliphatic carbocycles. The zero-order valence-corrected chi connectivity index (χ0v) is 11.6. The summed E-state index contributed by atoms with van der Waals surface area (Å²) in [5.74, 6) is 0. The van der Waals surface area contributed by atoms with Crippen LogP contribution in [0.25, 0.3) is 11.0 Å². The molecule has 0 radical (unpaired) electrons. The second kappa shape index (κ2) is 4.72. The van der Waals surface area contributed by atoms with Crippen LogP contribution in [-0.2, 0) is 0 Å². The van der Waals surface area contributed by atoms with Gasteiger partial charge in [-0.25, -0.2) is 0 Å². The highest BCUT2D eigenvalue weighted by atomic mass is 35.5. The molecular weight excluding hydrogens is 254 g/mol. The summed E-state index contributed by atoms with van der Waals surface area (Å²) in [6, 6.07) is 5.18. The number of hydrogen-bond donors (Lipinski definition) is 0. The molecule has 0 saturated carbocycles. The highest BCUT2D eigenvalue weighted by molar-refractivity contribution is 6.31. The number of rotatable bonds is 3. The lowest BCUT2D eigenvalue weighted by molar-refractivity contribution is -0.647. The minimum absolute atomic E-state index is 0.135. The minimum Gasteiger partial charge on any atom is -0.691 e. The summed E-state index contributed by atoms with van der Waals surface area (Å²) < 4.78 is 1.68. The summed E-state index contributed by atoms with van der Waals surface area (Å²) in [7, 11) is 7.74. The Labute approximate surface area is 111 Å². The number of benzene rings is 1. The molecule has 0 saturated heterocycles. The van der Waals surface area contributed by atoms with Gasteiger partial charge in [0.05, 0.1) is 5.21 Å². The van der Waals surface area contributed by atoms with Crippen LogP contribution in [0.1, 0.15) is 6.29 Å². The summed E-state index contributed by atoms with van der Waals surface area (Å²) in [6.07, 6.45) is -0.135. The molecule has 7 heteroatoms. The third-order valence-electron chi connectivity index (χ3n) is 2.71. The van der Waals surface area contributed by atoms with Crippen molar-refractivity contribution in [2.75, 3.05) is 28.2 Å². The van der Waals surface area contributed by atoms with Gasteiger partial charge in [-0.1, -0.05) is 16.3 Å². The van der Waals surface area contributed by atoms with E-state index in [-0.39, 0.29) is 6.29 Å². The number of hydrogen-bond acceptors (Lipinski definition) is 4. The highest BCUT2D eigenvalue weighted by Crippen LogP contribution is 2.20. The first-order chi connectivity index (χ1) is 8.41. The lowest BCUT2D eigenvalue weighted by Crippen LogP contribution is -2.40. The molecule has 0 bridgehead atoms. The van der Waals surface area contributed by atoms with Gasteiger partial charge >= 0.3 is 0 Å². The average Bonchev–Trinajstić information content (AvgIpc) is 2.55. The summed E-state index contributed by atoms with van der Waals surface area (Å²) in [6.45, 7) is 0. The van der Waals surface area contributed by atoms with Gasteiger partial charge in [0, 0.05) is 11.1 Å². The summed E-state index contributed by atoms with van der Waals surface area (Å²) in [4.78, 5) is 4.54. The Morgan fingerprint density at radius 3 is 2.44 bits per heavy atom. The maximum atomic E-state index is 11.8. The maximum Gasteiger partial charge on any atom is 0.235 e. The third-order valence-corrected chi connectivity index (χ3v) is 2.95. The molecule has 1 heterocycles. The topological polar surface area (TPSA) is 51.2 Å². The zero-order chi connectivity index (χ0) is 13.4. The summed E-state index contributed by atoms with van der Waals surface area (Å²) in [5.41, 5.74) is 1.22. The third kappa shape index (κ3) is 2.14. The number of aromatic nitrogens is 3. The van der Waals surface area contributed by atoms with E-state index in [1.165, 1.54) is 0 Å². The average molecular weight is 270 g/mol. The van der Waals surface area contributed by atoms with E-state index >= 15 is 0 Å². The minimum atomic E-state index is -0.135. The van der Waals surface area contributed by atoms with Crippen LogP contribution in [-0.4, -0.2) is 47.9 Å². The molecule has 1 aromatic heterocycles. The smallest absolute Gasteiger partial charge is 0.235 e. The Bertz CT molecular complexity index is 558. The van der Waals surface area contributed by atoms with Crippen molar-refractivity contribution >= 4 is 22.6 Å². The second-order valence-corrected chi connectivity index (χ2v) is 5.05. The van der Waals surface area contributed by atoms with Crippen molar-refractivity contribution in [3.63, 3.8) is 0 Å². The van der Waals surface area contributed by atoms with Gasteiger partial charge in [-0.05, 0) is 40.3 Å². The van der Waals surface area contributed by atoms with Gasteiger partial charge in [0.25, 0.3) is 0 Å². The molecule has 0 amide bonds. The van der Waals surface area contributed by atoms with Crippen LogP contribution in [0.4, 0.5) is 0 Å². The molecule has 98 valence electrons. The van der Waals surface area contributed by atoms with Crippen molar-refractivity contribution in [2.45, 2.75) is 6.29 Å². The van der Waals surface area contributed by atoms with Gasteiger partial charge in [0.15, 0.2) is 0 Å². The van der Waals surface area contributed by atoms with E-state index < -0.39 is 0 Å². The monoisotopic (exact) mass is 269 g/mol. The molecule has 0 unspecified atom stereocenters. The van der Waals surface area contributed by atoms with E-state index in [1.54, 1.807) is 22.9 Å². The molecule has 0 aliphatic heterocycles. The molecule has 2 rings (SSSR count). The van der Waals surface area contributed by atoms with Crippen LogP contribution in [0.3, 0.4) is 0 Å². The van der Waals surface area contributed by atoms with Gasteiger partial charge < -0.3 is 5.21 Å². The molecule has 6 nitrogen and oxygen atoms in total. The first kappa shape index (κ1) is 13.1. The van der Waals surface area contributed by atoms with Crippen molar-refractivity contribution in [1.82, 2.24) is 19.7 Å². The normalized spacial score (nSPS) is 12.2. The molecule has 0 N–H and O–H groups in total. The van der Waals surface area contributed by atoms with Crippen LogP contribution in [0.15, 0.2) is 18.2 Å². The maximum absolute atomic E-state index is 11.8. The second-order valence-electron chi connectivity index (χ2n) is 4.61. The Hall–Kier alpha value is -1.37. The fourth-order valence-electron chi connectivity index (χ4n) is 2.10. The molecule has 0 fully saturated rings. The Morgan fingerprint density at radius 2 is 1.89 bits per heavy atom. The van der Waals surface area contributed by atoms with E-state index in [1.807, 2.05) is 38.0 Å². The largest absolute Gasteiger partial charge is 0.691 e. The summed E-state index contributed by atoms with van der Waals surface area (Å²) >= 11 is 5.89.